The van der Waals surface area contributed by atoms with Gasteiger partial charge in [-0.3, -0.25) is 14.5 Å². The molecule has 1 N–H and O–H groups in total. The van der Waals surface area contributed by atoms with Gasteiger partial charge in [0.1, 0.15) is 5.84 Å². The number of benzene rings is 3. The molecule has 1 atom stereocenters. The summed E-state index contributed by atoms with van der Waals surface area (Å²) in [6.07, 6.45) is -4.84. The number of nitrogens with one attached hydrogen (secondary N) is 1. The molecule has 1 unspecified atom stereocenters. The normalized spacial score (nSPS) is 18.1. The number of nitrogens with zero attached hydrogens (tertiary/aromatic N) is 2. The first-order valence-electron chi connectivity index (χ1n) is 10.7. The van der Waals surface area contributed by atoms with E-state index >= 15 is 0 Å². The average Bonchev–Trinajstić information content (AvgIpc) is 3.11. The van der Waals surface area contributed by atoms with Crippen molar-refractivity contribution in [3.05, 3.63) is 107 Å². The molecular weight excluding hydrogens is 443 g/mol. The Bertz CT molecular complexity index is 1230. The van der Waals surface area contributed by atoms with Gasteiger partial charge in [-0.2, -0.15) is 13.2 Å². The third kappa shape index (κ3) is 4.44. The van der Waals surface area contributed by atoms with Crippen molar-refractivity contribution in [2.24, 2.45) is 4.99 Å². The fraction of sp³-hybridized carbons (Fsp3) is 0.192. The lowest BCUT2D eigenvalue weighted by Gasteiger charge is -2.29. The molecule has 2 amide bonds. The molecule has 0 spiro atoms. The number of hydrogen-bond acceptors (Lipinski definition) is 3. The first-order chi connectivity index (χ1) is 16.2. The monoisotopic (exact) mass is 465 g/mol. The Morgan fingerprint density at radius 1 is 0.971 bits per heavy atom. The predicted octanol–water partition coefficient (Wildman–Crippen LogP) is 4.52. The number of rotatable bonds is 6. The van der Waals surface area contributed by atoms with Gasteiger partial charge in [0.25, 0.3) is 11.8 Å². The van der Waals surface area contributed by atoms with E-state index in [9.17, 15) is 22.8 Å². The van der Waals surface area contributed by atoms with Gasteiger partial charge in [-0.15, -0.1) is 0 Å². The molecular formula is C26H22F3N3O2. The van der Waals surface area contributed by atoms with Gasteiger partial charge in [-0.05, 0) is 31.0 Å². The molecule has 34 heavy (non-hydrogen) atoms. The Morgan fingerprint density at radius 3 is 2.24 bits per heavy atom. The van der Waals surface area contributed by atoms with Gasteiger partial charge in [-0.1, -0.05) is 78.4 Å². The Morgan fingerprint density at radius 2 is 1.62 bits per heavy atom. The van der Waals surface area contributed by atoms with Crippen molar-refractivity contribution in [1.82, 2.24) is 10.2 Å². The highest BCUT2D eigenvalue weighted by molar-refractivity contribution is 6.16. The van der Waals surface area contributed by atoms with E-state index in [-0.39, 0.29) is 17.9 Å². The fourth-order valence-electron chi connectivity index (χ4n) is 3.82. The van der Waals surface area contributed by atoms with Crippen LogP contribution >= 0.6 is 0 Å². The van der Waals surface area contributed by atoms with Crippen molar-refractivity contribution < 1.29 is 22.8 Å². The molecule has 1 aliphatic heterocycles. The lowest BCUT2D eigenvalue weighted by molar-refractivity contribution is -0.196. The molecule has 0 aromatic heterocycles. The summed E-state index contributed by atoms with van der Waals surface area (Å²) in [5, 5.41) is 1.91. The summed E-state index contributed by atoms with van der Waals surface area (Å²) in [4.78, 5) is 31.1. The molecule has 0 aliphatic carbocycles. The molecule has 0 radical (unpaired) electrons. The van der Waals surface area contributed by atoms with Crippen molar-refractivity contribution in [1.29, 1.82) is 0 Å². The molecule has 5 nitrogen and oxygen atoms in total. The van der Waals surface area contributed by atoms with Gasteiger partial charge in [0, 0.05) is 17.7 Å². The van der Waals surface area contributed by atoms with Crippen LogP contribution in [0.3, 0.4) is 0 Å². The highest BCUT2D eigenvalue weighted by atomic mass is 19.4. The van der Waals surface area contributed by atoms with E-state index < -0.39 is 23.7 Å². The number of carbonyl (C=O) groups is 2. The Balaban J connectivity index is 1.75. The van der Waals surface area contributed by atoms with Crippen LogP contribution in [-0.4, -0.2) is 40.9 Å². The third-order valence-corrected chi connectivity index (χ3v) is 5.57. The number of aryl methyl sites for hydroxylation is 1. The van der Waals surface area contributed by atoms with Crippen molar-refractivity contribution in [3.63, 3.8) is 0 Å². The van der Waals surface area contributed by atoms with Crippen molar-refractivity contribution in [2.45, 2.75) is 25.2 Å². The summed E-state index contributed by atoms with van der Waals surface area (Å²) in [6, 6.07) is 23.4. The van der Waals surface area contributed by atoms with Crippen LogP contribution in [0.5, 0.6) is 0 Å². The number of hydrogen-bond donors (Lipinski definition) is 1. The van der Waals surface area contributed by atoms with Crippen LogP contribution in [-0.2, 0) is 11.2 Å². The van der Waals surface area contributed by atoms with Gasteiger partial charge in [0.2, 0.25) is 0 Å². The van der Waals surface area contributed by atoms with Crippen molar-refractivity contribution in [3.8, 4) is 0 Å². The molecule has 3 aromatic rings. The molecule has 0 saturated carbocycles. The molecule has 174 valence electrons. The minimum absolute atomic E-state index is 0.00983. The van der Waals surface area contributed by atoms with E-state index in [0.717, 1.165) is 10.5 Å². The number of carbonyl (C=O) groups excluding carboxylic acids is 2. The maximum Gasteiger partial charge on any atom is 0.442 e. The summed E-state index contributed by atoms with van der Waals surface area (Å²) < 4.78 is 43.4. The molecule has 0 saturated heterocycles. The standard InChI is InChI=1S/C26H22F3N3O2/c1-18-9-8-14-21(17-18)23(33)31-25(26(27,28)29)24(34)32(16-15-19-10-4-2-5-11-19)22(30-25)20-12-6-3-7-13-20/h2-14,17H,15-16H2,1H3,(H,31,33). The topological polar surface area (TPSA) is 61.8 Å². The molecule has 1 aliphatic rings. The maximum atomic E-state index is 14.5. The van der Waals surface area contributed by atoms with E-state index in [2.05, 4.69) is 4.99 Å². The van der Waals surface area contributed by atoms with E-state index in [1.807, 2.05) is 35.6 Å². The first kappa shape index (κ1) is 23.2. The summed E-state index contributed by atoms with van der Waals surface area (Å²) in [6.45, 7) is 1.68. The fourth-order valence-corrected chi connectivity index (χ4v) is 3.82. The second kappa shape index (κ2) is 9.13. The average molecular weight is 465 g/mol. The zero-order valence-electron chi connectivity index (χ0n) is 18.3. The quantitative estimate of drug-likeness (QED) is 0.582. The molecule has 0 bridgehead atoms. The van der Waals surface area contributed by atoms with E-state index in [1.165, 1.54) is 12.1 Å². The maximum absolute atomic E-state index is 14.5. The molecule has 8 heteroatoms. The minimum atomic E-state index is -5.16. The second-order valence-corrected chi connectivity index (χ2v) is 8.03. The number of alkyl halides is 3. The summed E-state index contributed by atoms with van der Waals surface area (Å²) in [5.41, 5.74) is -1.51. The van der Waals surface area contributed by atoms with Crippen molar-refractivity contribution >= 4 is 17.6 Å². The van der Waals surface area contributed by atoms with Gasteiger partial charge >= 0.3 is 11.8 Å². The lowest BCUT2D eigenvalue weighted by atomic mass is 10.1. The Labute approximate surface area is 194 Å². The zero-order chi connectivity index (χ0) is 24.3. The van der Waals surface area contributed by atoms with Crippen LogP contribution < -0.4 is 5.32 Å². The Hall–Kier alpha value is -3.94. The predicted molar refractivity (Wildman–Crippen MR) is 122 cm³/mol. The third-order valence-electron chi connectivity index (χ3n) is 5.57. The number of halogens is 3. The molecule has 3 aromatic carbocycles. The lowest BCUT2D eigenvalue weighted by Crippen LogP contribution is -2.63. The largest absolute Gasteiger partial charge is 0.442 e. The smallest absolute Gasteiger partial charge is 0.312 e. The first-order valence-corrected chi connectivity index (χ1v) is 10.7. The van der Waals surface area contributed by atoms with Crippen molar-refractivity contribution in [2.75, 3.05) is 6.54 Å². The Kier molecular flexibility index (Phi) is 6.24. The summed E-state index contributed by atoms with van der Waals surface area (Å²) in [7, 11) is 0. The number of amidine groups is 1. The minimum Gasteiger partial charge on any atom is -0.312 e. The summed E-state index contributed by atoms with van der Waals surface area (Å²) >= 11 is 0. The SMILES string of the molecule is Cc1cccc(C(=O)NC2(C(F)(F)F)N=C(c3ccccc3)N(CCc3ccccc3)C2=O)c1. The van der Waals surface area contributed by atoms with Gasteiger partial charge < -0.3 is 5.32 Å². The second-order valence-electron chi connectivity index (χ2n) is 8.03. The van der Waals surface area contributed by atoms with Gasteiger partial charge in [0.15, 0.2) is 0 Å². The number of aliphatic imine (C=N–C) groups is 1. The summed E-state index contributed by atoms with van der Waals surface area (Å²) in [5.74, 6) is -2.50. The van der Waals surface area contributed by atoms with E-state index in [4.69, 9.17) is 0 Å². The number of amides is 2. The highest BCUT2D eigenvalue weighted by Crippen LogP contribution is 2.38. The highest BCUT2D eigenvalue weighted by Gasteiger charge is 2.67. The van der Waals surface area contributed by atoms with Crippen LogP contribution in [0, 0.1) is 6.92 Å². The van der Waals surface area contributed by atoms with Gasteiger partial charge in [-0.25, -0.2) is 4.99 Å². The van der Waals surface area contributed by atoms with Crippen LogP contribution in [0.4, 0.5) is 13.2 Å². The zero-order valence-corrected chi connectivity index (χ0v) is 18.3. The molecule has 0 fully saturated rings. The molecule has 4 rings (SSSR count). The van der Waals surface area contributed by atoms with E-state index in [1.54, 1.807) is 49.4 Å². The van der Waals surface area contributed by atoms with E-state index in [0.29, 0.717) is 17.5 Å². The van der Waals surface area contributed by atoms with Crippen LogP contribution in [0.25, 0.3) is 0 Å². The van der Waals surface area contributed by atoms with Crippen LogP contribution in [0.15, 0.2) is 89.9 Å². The van der Waals surface area contributed by atoms with Gasteiger partial charge in [0.05, 0.1) is 0 Å². The van der Waals surface area contributed by atoms with Crippen LogP contribution in [0.2, 0.25) is 0 Å². The van der Waals surface area contributed by atoms with Crippen LogP contribution in [0.1, 0.15) is 27.0 Å². The molecule has 1 heterocycles.